The second-order valence-electron chi connectivity index (χ2n) is 4.01. The number of nitrogen functional groups attached to an aromatic ring is 1. The number of rotatable bonds is 5. The van der Waals surface area contributed by atoms with E-state index in [1.807, 2.05) is 25.3 Å². The average molecular weight is 247 g/mol. The molecule has 0 bridgehead atoms. The van der Waals surface area contributed by atoms with Crippen LogP contribution in [-0.4, -0.2) is 11.5 Å². The molecule has 1 heterocycles. The van der Waals surface area contributed by atoms with Crippen molar-refractivity contribution < 1.29 is 0 Å². The maximum Gasteiger partial charge on any atom is 0.0897 e. The highest BCUT2D eigenvalue weighted by Gasteiger charge is 1.97. The molecule has 0 saturated carbocycles. The van der Waals surface area contributed by atoms with Gasteiger partial charge in [0.05, 0.1) is 5.01 Å². The van der Waals surface area contributed by atoms with Gasteiger partial charge in [0.1, 0.15) is 0 Å². The van der Waals surface area contributed by atoms with E-state index in [0.717, 1.165) is 30.2 Å². The number of aromatic nitrogens is 1. The Morgan fingerprint density at radius 2 is 2.06 bits per heavy atom. The molecule has 0 radical (unpaired) electrons. The number of anilines is 1. The summed E-state index contributed by atoms with van der Waals surface area (Å²) in [5, 5.41) is 4.54. The molecule has 2 rings (SSSR count). The van der Waals surface area contributed by atoms with E-state index in [4.69, 9.17) is 5.73 Å². The summed E-state index contributed by atoms with van der Waals surface area (Å²) in [6.45, 7) is 3.91. The number of hydrogen-bond donors (Lipinski definition) is 2. The molecule has 90 valence electrons. The van der Waals surface area contributed by atoms with Crippen LogP contribution in [0.3, 0.4) is 0 Å². The third-order valence-electron chi connectivity index (χ3n) is 2.54. The molecule has 1 aromatic heterocycles. The second kappa shape index (κ2) is 5.80. The van der Waals surface area contributed by atoms with Gasteiger partial charge in [-0.3, -0.25) is 0 Å². The van der Waals surface area contributed by atoms with Gasteiger partial charge in [-0.1, -0.05) is 12.1 Å². The molecule has 0 aliphatic rings. The Bertz CT molecular complexity index is 462. The van der Waals surface area contributed by atoms with Crippen molar-refractivity contribution in [2.75, 3.05) is 12.3 Å². The predicted molar refractivity (Wildman–Crippen MR) is 73.1 cm³/mol. The third-order valence-corrected chi connectivity index (χ3v) is 3.45. The van der Waals surface area contributed by atoms with Gasteiger partial charge >= 0.3 is 0 Å². The van der Waals surface area contributed by atoms with Crippen LogP contribution >= 0.6 is 11.3 Å². The Morgan fingerprint density at radius 3 is 2.71 bits per heavy atom. The van der Waals surface area contributed by atoms with Crippen LogP contribution in [0.25, 0.3) is 0 Å². The molecule has 4 heteroatoms. The molecular formula is C13H17N3S. The summed E-state index contributed by atoms with van der Waals surface area (Å²) in [5.41, 5.74) is 7.77. The number of benzene rings is 1. The number of nitrogens with zero attached hydrogens (tertiary/aromatic N) is 1. The van der Waals surface area contributed by atoms with Crippen LogP contribution < -0.4 is 11.1 Å². The van der Waals surface area contributed by atoms with Gasteiger partial charge in [-0.25, -0.2) is 4.98 Å². The molecule has 0 spiro atoms. The fourth-order valence-corrected chi connectivity index (χ4v) is 2.38. The number of thiazole rings is 1. The van der Waals surface area contributed by atoms with Gasteiger partial charge in [-0.15, -0.1) is 11.3 Å². The van der Waals surface area contributed by atoms with Crippen LogP contribution in [0.4, 0.5) is 5.69 Å². The molecule has 0 unspecified atom stereocenters. The highest BCUT2D eigenvalue weighted by Crippen LogP contribution is 2.10. The number of nitrogens with two attached hydrogens (primary N) is 1. The predicted octanol–water partition coefficient (Wildman–Crippen LogP) is 2.37. The lowest BCUT2D eigenvalue weighted by molar-refractivity contribution is 0.693. The van der Waals surface area contributed by atoms with Crippen molar-refractivity contribution in [3.8, 4) is 0 Å². The van der Waals surface area contributed by atoms with Gasteiger partial charge in [0.2, 0.25) is 0 Å². The van der Waals surface area contributed by atoms with Gasteiger partial charge < -0.3 is 11.1 Å². The van der Waals surface area contributed by atoms with Crippen molar-refractivity contribution in [3.63, 3.8) is 0 Å². The molecule has 3 nitrogen and oxygen atoms in total. The summed E-state index contributed by atoms with van der Waals surface area (Å²) in [7, 11) is 0. The largest absolute Gasteiger partial charge is 0.399 e. The van der Waals surface area contributed by atoms with E-state index >= 15 is 0 Å². The van der Waals surface area contributed by atoms with E-state index < -0.39 is 0 Å². The van der Waals surface area contributed by atoms with Crippen LogP contribution in [0, 0.1) is 6.92 Å². The zero-order valence-corrected chi connectivity index (χ0v) is 10.8. The minimum absolute atomic E-state index is 0.821. The minimum Gasteiger partial charge on any atom is -0.399 e. The SMILES string of the molecule is Cc1ncc(CNCCc2ccc(N)cc2)s1. The topological polar surface area (TPSA) is 50.9 Å². The molecule has 0 aliphatic heterocycles. The first kappa shape index (κ1) is 12.1. The maximum atomic E-state index is 5.64. The monoisotopic (exact) mass is 247 g/mol. The zero-order chi connectivity index (χ0) is 12.1. The highest BCUT2D eigenvalue weighted by molar-refractivity contribution is 7.11. The summed E-state index contributed by atoms with van der Waals surface area (Å²) in [6, 6.07) is 8.05. The van der Waals surface area contributed by atoms with Crippen molar-refractivity contribution in [1.82, 2.24) is 10.3 Å². The minimum atomic E-state index is 0.821. The van der Waals surface area contributed by atoms with Crippen LogP contribution in [0.2, 0.25) is 0 Å². The number of hydrogen-bond acceptors (Lipinski definition) is 4. The van der Waals surface area contributed by atoms with Crippen LogP contribution in [0.1, 0.15) is 15.4 Å². The van der Waals surface area contributed by atoms with E-state index in [1.165, 1.54) is 10.4 Å². The molecule has 2 aromatic rings. The fraction of sp³-hybridized carbons (Fsp3) is 0.308. The molecule has 0 amide bonds. The first-order valence-corrected chi connectivity index (χ1v) is 6.52. The summed E-state index contributed by atoms with van der Waals surface area (Å²) < 4.78 is 0. The van der Waals surface area contributed by atoms with Crippen LogP contribution in [0.5, 0.6) is 0 Å². The second-order valence-corrected chi connectivity index (χ2v) is 5.33. The zero-order valence-electron chi connectivity index (χ0n) is 9.94. The molecule has 0 atom stereocenters. The van der Waals surface area contributed by atoms with Crippen LogP contribution in [-0.2, 0) is 13.0 Å². The summed E-state index contributed by atoms with van der Waals surface area (Å²) in [5.74, 6) is 0. The Morgan fingerprint density at radius 1 is 1.29 bits per heavy atom. The van der Waals surface area contributed by atoms with E-state index in [1.54, 1.807) is 11.3 Å². The van der Waals surface area contributed by atoms with Gasteiger partial charge in [0.15, 0.2) is 0 Å². The summed E-state index contributed by atoms with van der Waals surface area (Å²) in [4.78, 5) is 5.52. The Labute approximate surface area is 106 Å². The van der Waals surface area contributed by atoms with Crippen molar-refractivity contribution in [3.05, 3.63) is 45.9 Å². The quantitative estimate of drug-likeness (QED) is 0.630. The Hall–Kier alpha value is -1.39. The van der Waals surface area contributed by atoms with Crippen molar-refractivity contribution >= 4 is 17.0 Å². The van der Waals surface area contributed by atoms with E-state index in [0.29, 0.717) is 0 Å². The van der Waals surface area contributed by atoms with Crippen LogP contribution in [0.15, 0.2) is 30.5 Å². The summed E-state index contributed by atoms with van der Waals surface area (Å²) in [6.07, 6.45) is 2.97. The normalized spacial score (nSPS) is 10.6. The molecule has 1 aromatic carbocycles. The molecule has 17 heavy (non-hydrogen) atoms. The first-order valence-electron chi connectivity index (χ1n) is 5.70. The van der Waals surface area contributed by atoms with E-state index in [9.17, 15) is 0 Å². The maximum absolute atomic E-state index is 5.64. The molecule has 3 N–H and O–H groups in total. The van der Waals surface area contributed by atoms with Crippen molar-refractivity contribution in [2.24, 2.45) is 0 Å². The van der Waals surface area contributed by atoms with E-state index in [-0.39, 0.29) is 0 Å². The third kappa shape index (κ3) is 3.84. The van der Waals surface area contributed by atoms with Crippen molar-refractivity contribution in [2.45, 2.75) is 19.9 Å². The fourth-order valence-electron chi connectivity index (χ4n) is 1.62. The molecule has 0 fully saturated rings. The molecule has 0 aliphatic carbocycles. The van der Waals surface area contributed by atoms with Gasteiger partial charge in [-0.2, -0.15) is 0 Å². The van der Waals surface area contributed by atoms with Gasteiger partial charge in [-0.05, 0) is 37.6 Å². The van der Waals surface area contributed by atoms with Gasteiger partial charge in [0, 0.05) is 23.3 Å². The Kier molecular flexibility index (Phi) is 4.12. The first-order chi connectivity index (χ1) is 8.24. The van der Waals surface area contributed by atoms with Crippen molar-refractivity contribution in [1.29, 1.82) is 0 Å². The summed E-state index contributed by atoms with van der Waals surface area (Å²) >= 11 is 1.75. The lowest BCUT2D eigenvalue weighted by Crippen LogP contribution is -2.15. The number of aryl methyl sites for hydroxylation is 1. The highest BCUT2D eigenvalue weighted by atomic mass is 32.1. The Balaban J connectivity index is 1.71. The molecular weight excluding hydrogens is 230 g/mol. The lowest BCUT2D eigenvalue weighted by atomic mass is 10.1. The van der Waals surface area contributed by atoms with Gasteiger partial charge in [0.25, 0.3) is 0 Å². The standard InChI is InChI=1S/C13H17N3S/c1-10-16-9-13(17-10)8-15-7-6-11-2-4-12(14)5-3-11/h2-5,9,15H,6-8,14H2,1H3. The average Bonchev–Trinajstić information content (AvgIpc) is 2.73. The molecule has 0 saturated heterocycles. The van der Waals surface area contributed by atoms with E-state index in [2.05, 4.69) is 22.4 Å². The smallest absolute Gasteiger partial charge is 0.0897 e. The number of nitrogens with one attached hydrogen (secondary N) is 1. The lowest BCUT2D eigenvalue weighted by Gasteiger charge is -2.03.